The minimum Gasteiger partial charge on any atom is -0.381 e. The molecule has 2 aliphatic carbocycles. The van der Waals surface area contributed by atoms with Crippen LogP contribution < -0.4 is 10.2 Å². The van der Waals surface area contributed by atoms with Gasteiger partial charge in [0.25, 0.3) is 0 Å². The molecule has 2 saturated carbocycles. The highest BCUT2D eigenvalue weighted by Crippen LogP contribution is 2.45. The van der Waals surface area contributed by atoms with Crippen LogP contribution in [0.15, 0.2) is 18.2 Å². The van der Waals surface area contributed by atoms with Gasteiger partial charge in [0.15, 0.2) is 0 Å². The molecule has 0 unspecified atom stereocenters. The van der Waals surface area contributed by atoms with Crippen LogP contribution in [0, 0.1) is 5.92 Å². The van der Waals surface area contributed by atoms with Gasteiger partial charge in [-0.05, 0) is 67.6 Å². The second-order valence-corrected chi connectivity index (χ2v) is 10.2. The van der Waals surface area contributed by atoms with Crippen LogP contribution in [0.2, 0.25) is 0 Å². The zero-order valence-corrected chi connectivity index (χ0v) is 18.3. The van der Waals surface area contributed by atoms with Gasteiger partial charge in [0, 0.05) is 31.8 Å². The van der Waals surface area contributed by atoms with Crippen LogP contribution in [-0.4, -0.2) is 31.8 Å². The molecule has 1 aromatic rings. The van der Waals surface area contributed by atoms with Gasteiger partial charge in [-0.25, -0.2) is 0 Å². The first-order valence-electron chi connectivity index (χ1n) is 11.8. The number of ether oxygens (including phenoxy) is 1. The molecular weight excluding hydrogens is 344 g/mol. The predicted molar refractivity (Wildman–Crippen MR) is 120 cm³/mol. The molecule has 0 atom stereocenters. The van der Waals surface area contributed by atoms with E-state index in [9.17, 15) is 0 Å². The number of hydrogen-bond acceptors (Lipinski definition) is 3. The van der Waals surface area contributed by atoms with Crippen molar-refractivity contribution in [1.29, 1.82) is 0 Å². The Labute approximate surface area is 172 Å². The normalized spacial score (nSPS) is 23.0. The zero-order valence-electron chi connectivity index (χ0n) is 18.3. The molecule has 3 nitrogen and oxygen atoms in total. The van der Waals surface area contributed by atoms with Crippen molar-refractivity contribution in [3.8, 4) is 0 Å². The van der Waals surface area contributed by atoms with Gasteiger partial charge in [-0.1, -0.05) is 46.1 Å². The first-order valence-corrected chi connectivity index (χ1v) is 11.8. The van der Waals surface area contributed by atoms with Gasteiger partial charge in [-0.3, -0.25) is 0 Å². The van der Waals surface area contributed by atoms with Crippen molar-refractivity contribution in [2.45, 2.75) is 96.1 Å². The summed E-state index contributed by atoms with van der Waals surface area (Å²) in [6, 6.07) is 8.64. The topological polar surface area (TPSA) is 24.5 Å². The maximum atomic E-state index is 5.67. The fraction of sp³-hybridized carbons (Fsp3) is 0.760. The summed E-state index contributed by atoms with van der Waals surface area (Å²) < 4.78 is 5.67. The van der Waals surface area contributed by atoms with E-state index in [1.165, 1.54) is 56.3 Å². The average molecular weight is 385 g/mol. The van der Waals surface area contributed by atoms with Gasteiger partial charge < -0.3 is 15.0 Å². The SMILES string of the molecule is CC(C)CN(c1ccc(C2(C)CCC2)cc1NC1CCCC1)C1CCOCC1. The lowest BCUT2D eigenvalue weighted by Gasteiger charge is -2.41. The van der Waals surface area contributed by atoms with Crippen LogP contribution in [0.4, 0.5) is 11.4 Å². The van der Waals surface area contributed by atoms with Crippen molar-refractivity contribution in [3.63, 3.8) is 0 Å². The van der Waals surface area contributed by atoms with E-state index in [-0.39, 0.29) is 0 Å². The Hall–Kier alpha value is -1.22. The minimum atomic E-state index is 0.395. The third-order valence-electron chi connectivity index (χ3n) is 7.37. The van der Waals surface area contributed by atoms with Crippen molar-refractivity contribution >= 4 is 11.4 Å². The van der Waals surface area contributed by atoms with E-state index in [2.05, 4.69) is 49.2 Å². The number of nitrogens with zero attached hydrogens (tertiary/aromatic N) is 1. The third-order valence-corrected chi connectivity index (χ3v) is 7.37. The molecule has 1 heterocycles. The number of anilines is 2. The molecule has 0 radical (unpaired) electrons. The number of rotatable bonds is 7. The van der Waals surface area contributed by atoms with Crippen molar-refractivity contribution in [2.24, 2.45) is 5.92 Å². The van der Waals surface area contributed by atoms with Crippen molar-refractivity contribution in [1.82, 2.24) is 0 Å². The maximum absolute atomic E-state index is 5.67. The van der Waals surface area contributed by atoms with E-state index in [4.69, 9.17) is 4.74 Å². The van der Waals surface area contributed by atoms with Gasteiger partial charge >= 0.3 is 0 Å². The second kappa shape index (κ2) is 8.65. The second-order valence-electron chi connectivity index (χ2n) is 10.2. The summed E-state index contributed by atoms with van der Waals surface area (Å²) in [5.74, 6) is 0.658. The molecule has 1 saturated heterocycles. The lowest BCUT2D eigenvalue weighted by molar-refractivity contribution is 0.0839. The molecule has 0 bridgehead atoms. The lowest BCUT2D eigenvalue weighted by atomic mass is 9.66. The van der Waals surface area contributed by atoms with E-state index in [0.717, 1.165) is 32.6 Å². The maximum Gasteiger partial charge on any atom is 0.0604 e. The van der Waals surface area contributed by atoms with Gasteiger partial charge in [0.1, 0.15) is 0 Å². The Balaban J connectivity index is 1.66. The molecule has 1 N–H and O–H groups in total. The largest absolute Gasteiger partial charge is 0.381 e. The van der Waals surface area contributed by atoms with E-state index < -0.39 is 0 Å². The Bertz CT molecular complexity index is 640. The van der Waals surface area contributed by atoms with Crippen molar-refractivity contribution in [3.05, 3.63) is 23.8 Å². The summed E-state index contributed by atoms with van der Waals surface area (Å²) in [6.45, 7) is 10.1. The third kappa shape index (κ3) is 4.35. The summed E-state index contributed by atoms with van der Waals surface area (Å²) in [7, 11) is 0. The van der Waals surface area contributed by atoms with Crippen LogP contribution in [-0.2, 0) is 10.2 Å². The Morgan fingerprint density at radius 1 is 1.07 bits per heavy atom. The van der Waals surface area contributed by atoms with E-state index in [1.54, 1.807) is 5.56 Å². The first-order chi connectivity index (χ1) is 13.5. The Kier molecular flexibility index (Phi) is 6.20. The highest BCUT2D eigenvalue weighted by molar-refractivity contribution is 5.72. The number of benzene rings is 1. The number of nitrogens with one attached hydrogen (secondary N) is 1. The molecule has 3 heteroatoms. The van der Waals surface area contributed by atoms with Crippen molar-refractivity contribution in [2.75, 3.05) is 30.0 Å². The van der Waals surface area contributed by atoms with Crippen LogP contribution in [0.1, 0.15) is 84.1 Å². The number of hydrogen-bond donors (Lipinski definition) is 1. The summed E-state index contributed by atoms with van der Waals surface area (Å²) in [5.41, 5.74) is 4.76. The zero-order chi connectivity index (χ0) is 19.6. The molecule has 0 spiro atoms. The van der Waals surface area contributed by atoms with Crippen LogP contribution >= 0.6 is 0 Å². The summed E-state index contributed by atoms with van der Waals surface area (Å²) >= 11 is 0. The molecule has 3 aliphatic rings. The quantitative estimate of drug-likeness (QED) is 0.612. The van der Waals surface area contributed by atoms with E-state index in [0.29, 0.717) is 23.4 Å². The highest BCUT2D eigenvalue weighted by atomic mass is 16.5. The molecule has 1 aliphatic heterocycles. The predicted octanol–water partition coefficient (Wildman–Crippen LogP) is 6.12. The fourth-order valence-corrected chi connectivity index (χ4v) is 5.40. The molecule has 0 aromatic heterocycles. The molecule has 3 fully saturated rings. The average Bonchev–Trinajstić information content (AvgIpc) is 3.18. The molecule has 4 rings (SSSR count). The smallest absolute Gasteiger partial charge is 0.0604 e. The summed E-state index contributed by atoms with van der Waals surface area (Å²) in [4.78, 5) is 2.71. The Morgan fingerprint density at radius 2 is 1.79 bits per heavy atom. The van der Waals surface area contributed by atoms with Gasteiger partial charge in [-0.2, -0.15) is 0 Å². The van der Waals surface area contributed by atoms with Gasteiger partial charge in [-0.15, -0.1) is 0 Å². The Morgan fingerprint density at radius 3 is 2.39 bits per heavy atom. The van der Waals surface area contributed by atoms with Crippen LogP contribution in [0.25, 0.3) is 0 Å². The van der Waals surface area contributed by atoms with E-state index in [1.807, 2.05) is 0 Å². The molecular formula is C25H40N2O. The molecule has 1 aromatic carbocycles. The van der Waals surface area contributed by atoms with E-state index >= 15 is 0 Å². The van der Waals surface area contributed by atoms with Crippen LogP contribution in [0.5, 0.6) is 0 Å². The molecule has 28 heavy (non-hydrogen) atoms. The minimum absolute atomic E-state index is 0.395. The lowest BCUT2D eigenvalue weighted by Crippen LogP contribution is -2.42. The van der Waals surface area contributed by atoms with Crippen LogP contribution in [0.3, 0.4) is 0 Å². The van der Waals surface area contributed by atoms with Crippen molar-refractivity contribution < 1.29 is 4.74 Å². The molecule has 156 valence electrons. The van der Waals surface area contributed by atoms with Gasteiger partial charge in [0.05, 0.1) is 11.4 Å². The summed E-state index contributed by atoms with van der Waals surface area (Å²) in [5, 5.41) is 3.99. The highest BCUT2D eigenvalue weighted by Gasteiger charge is 2.35. The monoisotopic (exact) mass is 384 g/mol. The molecule has 0 amide bonds. The fourth-order valence-electron chi connectivity index (χ4n) is 5.40. The van der Waals surface area contributed by atoms with Gasteiger partial charge in [0.2, 0.25) is 0 Å². The summed E-state index contributed by atoms with van der Waals surface area (Å²) in [6.07, 6.45) is 11.7. The first kappa shape index (κ1) is 20.1. The standard InChI is InChI=1S/C25H40N2O/c1-19(2)18-27(22-11-15-28-16-12-22)24-10-9-20(25(3)13-6-14-25)17-23(24)26-21-7-4-5-8-21/h9-10,17,19,21-22,26H,4-8,11-16,18H2,1-3H3.